The first kappa shape index (κ1) is 17.0. The van der Waals surface area contributed by atoms with Crippen LogP contribution in [0.5, 0.6) is 0 Å². The number of aryl methyl sites for hydroxylation is 1. The van der Waals surface area contributed by atoms with Gasteiger partial charge in [-0.15, -0.1) is 0 Å². The topological polar surface area (TPSA) is 64.4 Å². The molecule has 0 radical (unpaired) electrons. The Morgan fingerprint density at radius 3 is 2.56 bits per heavy atom. The van der Waals surface area contributed by atoms with Gasteiger partial charge >= 0.3 is 6.09 Å². The zero-order valence-corrected chi connectivity index (χ0v) is 14.6. The Balaban J connectivity index is 1.76. The van der Waals surface area contributed by atoms with Crippen LogP contribution in [0.1, 0.15) is 24.4 Å². The number of anilines is 1. The lowest BCUT2D eigenvalue weighted by Gasteiger charge is -2.15. The van der Waals surface area contributed by atoms with Crippen molar-refractivity contribution in [3.8, 4) is 11.3 Å². The zero-order valence-electron chi connectivity index (χ0n) is 13.8. The molecule has 5 nitrogen and oxygen atoms in total. The summed E-state index contributed by atoms with van der Waals surface area (Å²) in [5.74, 6) is 0.501. The second kappa shape index (κ2) is 7.40. The molecular formula is C19H17ClN2O3. The van der Waals surface area contributed by atoms with Gasteiger partial charge in [0.15, 0.2) is 5.76 Å². The van der Waals surface area contributed by atoms with E-state index in [0.29, 0.717) is 22.2 Å². The molecule has 3 aromatic rings. The standard InChI is InChI=1S/C19H17ClN2O3/c1-12(15-10-6-7-11-16(15)20)24-19(23)21-17-13(2)25-22-18(17)14-8-4-3-5-9-14/h3-12H,1-2H3,(H,21,23). The summed E-state index contributed by atoms with van der Waals surface area (Å²) in [5.41, 5.74) is 2.63. The Kier molecular flexibility index (Phi) is 5.05. The third kappa shape index (κ3) is 3.83. The van der Waals surface area contributed by atoms with Gasteiger partial charge in [-0.25, -0.2) is 4.79 Å². The lowest BCUT2D eigenvalue weighted by atomic mass is 10.1. The molecular weight excluding hydrogens is 340 g/mol. The Labute approximate surface area is 150 Å². The number of benzene rings is 2. The van der Waals surface area contributed by atoms with Crippen molar-refractivity contribution >= 4 is 23.4 Å². The van der Waals surface area contributed by atoms with E-state index in [2.05, 4.69) is 10.5 Å². The summed E-state index contributed by atoms with van der Waals surface area (Å²) < 4.78 is 10.7. The van der Waals surface area contributed by atoms with Gasteiger partial charge in [0.05, 0.1) is 0 Å². The normalized spacial score (nSPS) is 11.8. The molecule has 25 heavy (non-hydrogen) atoms. The van der Waals surface area contributed by atoms with Crippen LogP contribution in [0.25, 0.3) is 11.3 Å². The van der Waals surface area contributed by atoms with Crippen LogP contribution in [0.2, 0.25) is 5.02 Å². The van der Waals surface area contributed by atoms with Crippen LogP contribution in [0, 0.1) is 6.92 Å². The van der Waals surface area contributed by atoms with Crippen molar-refractivity contribution in [2.45, 2.75) is 20.0 Å². The SMILES string of the molecule is Cc1onc(-c2ccccc2)c1NC(=O)OC(C)c1ccccc1Cl. The Bertz CT molecular complexity index is 877. The third-order valence-corrected chi connectivity index (χ3v) is 4.11. The first-order chi connectivity index (χ1) is 12.1. The Hall–Kier alpha value is -2.79. The molecule has 0 saturated heterocycles. The minimum atomic E-state index is -0.601. The molecule has 0 spiro atoms. The van der Waals surface area contributed by atoms with Gasteiger partial charge in [0, 0.05) is 16.1 Å². The van der Waals surface area contributed by atoms with E-state index < -0.39 is 12.2 Å². The van der Waals surface area contributed by atoms with Gasteiger partial charge in [-0.3, -0.25) is 5.32 Å². The molecule has 0 bridgehead atoms. The lowest BCUT2D eigenvalue weighted by Crippen LogP contribution is -2.16. The fraction of sp³-hybridized carbons (Fsp3) is 0.158. The average Bonchev–Trinajstić information content (AvgIpc) is 2.96. The van der Waals surface area contributed by atoms with Crippen LogP contribution in [-0.4, -0.2) is 11.2 Å². The summed E-state index contributed by atoms with van der Waals surface area (Å²) in [7, 11) is 0. The molecule has 1 unspecified atom stereocenters. The lowest BCUT2D eigenvalue weighted by molar-refractivity contribution is 0.121. The fourth-order valence-electron chi connectivity index (χ4n) is 2.47. The molecule has 1 N–H and O–H groups in total. The maximum Gasteiger partial charge on any atom is 0.412 e. The van der Waals surface area contributed by atoms with Crippen LogP contribution in [0.4, 0.5) is 10.5 Å². The number of carbonyl (C=O) groups is 1. The van der Waals surface area contributed by atoms with Gasteiger partial charge < -0.3 is 9.26 Å². The van der Waals surface area contributed by atoms with Crippen molar-refractivity contribution < 1.29 is 14.1 Å². The summed E-state index contributed by atoms with van der Waals surface area (Å²) in [6.07, 6.45) is -1.09. The molecule has 0 aliphatic heterocycles. The Morgan fingerprint density at radius 1 is 1.16 bits per heavy atom. The maximum absolute atomic E-state index is 12.3. The number of aromatic nitrogens is 1. The molecule has 6 heteroatoms. The molecule has 3 rings (SSSR count). The largest absolute Gasteiger partial charge is 0.441 e. The van der Waals surface area contributed by atoms with Crippen molar-refractivity contribution in [2.24, 2.45) is 0 Å². The molecule has 128 valence electrons. The first-order valence-corrected chi connectivity index (χ1v) is 8.18. The summed E-state index contributed by atoms with van der Waals surface area (Å²) in [4.78, 5) is 12.3. The van der Waals surface area contributed by atoms with Crippen molar-refractivity contribution in [3.05, 3.63) is 70.9 Å². The minimum Gasteiger partial charge on any atom is -0.441 e. The zero-order chi connectivity index (χ0) is 17.8. The summed E-state index contributed by atoms with van der Waals surface area (Å²) in [6, 6.07) is 16.7. The number of halogens is 1. The highest BCUT2D eigenvalue weighted by Gasteiger charge is 2.20. The number of hydrogen-bond acceptors (Lipinski definition) is 4. The fourth-order valence-corrected chi connectivity index (χ4v) is 2.76. The van der Waals surface area contributed by atoms with Crippen molar-refractivity contribution in [2.75, 3.05) is 5.32 Å². The van der Waals surface area contributed by atoms with Crippen LogP contribution in [0.3, 0.4) is 0 Å². The summed E-state index contributed by atoms with van der Waals surface area (Å²) in [5, 5.41) is 7.29. The molecule has 0 saturated carbocycles. The molecule has 1 heterocycles. The predicted molar refractivity (Wildman–Crippen MR) is 96.6 cm³/mol. The number of carbonyl (C=O) groups excluding carboxylic acids is 1. The second-order valence-electron chi connectivity index (χ2n) is 5.52. The third-order valence-electron chi connectivity index (χ3n) is 3.76. The van der Waals surface area contributed by atoms with E-state index in [9.17, 15) is 4.79 Å². The van der Waals surface area contributed by atoms with E-state index in [1.807, 2.05) is 48.5 Å². The molecule has 0 fully saturated rings. The number of rotatable bonds is 4. The van der Waals surface area contributed by atoms with Gasteiger partial charge in [0.25, 0.3) is 0 Å². The van der Waals surface area contributed by atoms with Crippen LogP contribution < -0.4 is 5.32 Å². The highest BCUT2D eigenvalue weighted by atomic mass is 35.5. The van der Waals surface area contributed by atoms with Gasteiger partial charge in [-0.05, 0) is 19.9 Å². The van der Waals surface area contributed by atoms with Crippen molar-refractivity contribution in [1.82, 2.24) is 5.16 Å². The van der Waals surface area contributed by atoms with E-state index >= 15 is 0 Å². The minimum absolute atomic E-state index is 0.488. The van der Waals surface area contributed by atoms with Crippen molar-refractivity contribution in [3.63, 3.8) is 0 Å². The van der Waals surface area contributed by atoms with E-state index in [0.717, 1.165) is 11.1 Å². The molecule has 0 aliphatic carbocycles. The van der Waals surface area contributed by atoms with E-state index in [1.165, 1.54) is 0 Å². The molecule has 1 aromatic heterocycles. The Morgan fingerprint density at radius 2 is 1.84 bits per heavy atom. The highest BCUT2D eigenvalue weighted by molar-refractivity contribution is 6.31. The molecule has 1 atom stereocenters. The quantitative estimate of drug-likeness (QED) is 0.659. The first-order valence-electron chi connectivity index (χ1n) is 7.80. The predicted octanol–water partition coefficient (Wildman–Crippen LogP) is 5.61. The van der Waals surface area contributed by atoms with E-state index in [1.54, 1.807) is 19.9 Å². The number of amides is 1. The van der Waals surface area contributed by atoms with Gasteiger partial charge in [-0.1, -0.05) is 65.3 Å². The number of nitrogens with one attached hydrogen (secondary N) is 1. The summed E-state index contributed by atoms with van der Waals surface area (Å²) >= 11 is 6.14. The molecule has 1 amide bonds. The van der Waals surface area contributed by atoms with Gasteiger partial charge in [0.1, 0.15) is 17.5 Å². The molecule has 0 aliphatic rings. The average molecular weight is 357 g/mol. The van der Waals surface area contributed by atoms with E-state index in [-0.39, 0.29) is 0 Å². The van der Waals surface area contributed by atoms with Gasteiger partial charge in [-0.2, -0.15) is 0 Å². The van der Waals surface area contributed by atoms with Crippen LogP contribution >= 0.6 is 11.6 Å². The smallest absolute Gasteiger partial charge is 0.412 e. The number of ether oxygens (including phenoxy) is 1. The number of nitrogens with zero attached hydrogens (tertiary/aromatic N) is 1. The second-order valence-corrected chi connectivity index (χ2v) is 5.93. The van der Waals surface area contributed by atoms with Crippen LogP contribution in [0.15, 0.2) is 59.1 Å². The number of hydrogen-bond donors (Lipinski definition) is 1. The monoisotopic (exact) mass is 356 g/mol. The van der Waals surface area contributed by atoms with Crippen LogP contribution in [-0.2, 0) is 4.74 Å². The van der Waals surface area contributed by atoms with Crippen molar-refractivity contribution in [1.29, 1.82) is 0 Å². The summed E-state index contributed by atoms with van der Waals surface area (Å²) in [6.45, 7) is 3.49. The van der Waals surface area contributed by atoms with E-state index in [4.69, 9.17) is 20.9 Å². The maximum atomic E-state index is 12.3. The molecule has 2 aromatic carbocycles. The highest BCUT2D eigenvalue weighted by Crippen LogP contribution is 2.31. The van der Waals surface area contributed by atoms with Gasteiger partial charge in [0.2, 0.25) is 0 Å².